The average molecular weight is 364 g/mol. The van der Waals surface area contributed by atoms with Gasteiger partial charge in [-0.25, -0.2) is 0 Å². The molecule has 0 heterocycles. The summed E-state index contributed by atoms with van der Waals surface area (Å²) in [6.07, 6.45) is 0. The molecule has 2 aromatic rings. The normalized spacial score (nSPS) is 10.1. The minimum atomic E-state index is -0.122. The predicted molar refractivity (Wildman–Crippen MR) is 89.6 cm³/mol. The van der Waals surface area contributed by atoms with Gasteiger partial charge in [0.15, 0.2) is 0 Å². The first kappa shape index (κ1) is 16.4. The van der Waals surface area contributed by atoms with E-state index in [0.29, 0.717) is 25.3 Å². The fraction of sp³-hybridized carbons (Fsp3) is 0.235. The quantitative estimate of drug-likeness (QED) is 0.763. The van der Waals surface area contributed by atoms with Gasteiger partial charge in [0.1, 0.15) is 18.1 Å². The van der Waals surface area contributed by atoms with Gasteiger partial charge in [0.05, 0.1) is 18.7 Å². The van der Waals surface area contributed by atoms with Gasteiger partial charge in [0.2, 0.25) is 0 Å². The minimum Gasteiger partial charge on any atom is -0.494 e. The van der Waals surface area contributed by atoms with E-state index in [1.807, 2.05) is 49.4 Å². The summed E-state index contributed by atoms with van der Waals surface area (Å²) < 4.78 is 11.7. The van der Waals surface area contributed by atoms with Gasteiger partial charge in [-0.05, 0) is 59.3 Å². The van der Waals surface area contributed by atoms with Crippen LogP contribution in [0.15, 0.2) is 53.0 Å². The summed E-state index contributed by atoms with van der Waals surface area (Å²) in [4.78, 5) is 12.0. The minimum absolute atomic E-state index is 0.122. The van der Waals surface area contributed by atoms with Crippen LogP contribution in [0.5, 0.6) is 11.5 Å². The third-order valence-electron chi connectivity index (χ3n) is 2.91. The molecule has 1 amide bonds. The van der Waals surface area contributed by atoms with Crippen molar-refractivity contribution >= 4 is 21.8 Å². The molecule has 0 unspecified atom stereocenters. The van der Waals surface area contributed by atoms with Crippen molar-refractivity contribution in [3.63, 3.8) is 0 Å². The second-order valence-corrected chi connectivity index (χ2v) is 5.34. The van der Waals surface area contributed by atoms with Crippen LogP contribution in [0.4, 0.5) is 0 Å². The highest BCUT2D eigenvalue weighted by Crippen LogP contribution is 2.17. The lowest BCUT2D eigenvalue weighted by molar-refractivity contribution is 0.0946. The maximum Gasteiger partial charge on any atom is 0.252 e. The molecular weight excluding hydrogens is 346 g/mol. The van der Waals surface area contributed by atoms with E-state index in [4.69, 9.17) is 9.47 Å². The maximum atomic E-state index is 12.0. The number of carbonyl (C=O) groups excluding carboxylic acids is 1. The molecule has 0 saturated carbocycles. The molecule has 116 valence electrons. The monoisotopic (exact) mass is 363 g/mol. The van der Waals surface area contributed by atoms with Gasteiger partial charge in [-0.3, -0.25) is 4.79 Å². The Hall–Kier alpha value is -2.01. The standard InChI is InChI=1S/C17H18BrNO3/c1-2-21-13-7-9-14(10-8-13)22-12-11-19-17(20)15-5-3-4-6-16(15)18/h3-10H,2,11-12H2,1H3,(H,19,20). The smallest absolute Gasteiger partial charge is 0.252 e. The van der Waals surface area contributed by atoms with E-state index in [-0.39, 0.29) is 5.91 Å². The number of ether oxygens (including phenoxy) is 2. The van der Waals surface area contributed by atoms with Gasteiger partial charge in [-0.2, -0.15) is 0 Å². The van der Waals surface area contributed by atoms with Crippen LogP contribution in [0.2, 0.25) is 0 Å². The highest BCUT2D eigenvalue weighted by molar-refractivity contribution is 9.10. The lowest BCUT2D eigenvalue weighted by Crippen LogP contribution is -2.28. The van der Waals surface area contributed by atoms with Crippen molar-refractivity contribution in [1.82, 2.24) is 5.32 Å². The summed E-state index contributed by atoms with van der Waals surface area (Å²) in [6, 6.07) is 14.7. The van der Waals surface area contributed by atoms with Crippen molar-refractivity contribution in [2.45, 2.75) is 6.92 Å². The Morgan fingerprint density at radius 2 is 1.68 bits per heavy atom. The second-order valence-electron chi connectivity index (χ2n) is 4.49. The highest BCUT2D eigenvalue weighted by atomic mass is 79.9. The number of benzene rings is 2. The molecule has 0 spiro atoms. The van der Waals surface area contributed by atoms with Gasteiger partial charge in [-0.15, -0.1) is 0 Å². The molecule has 0 atom stereocenters. The first-order valence-corrected chi connectivity index (χ1v) is 7.88. The first-order chi connectivity index (χ1) is 10.7. The fourth-order valence-corrected chi connectivity index (χ4v) is 2.34. The molecule has 0 aliphatic heterocycles. The SMILES string of the molecule is CCOc1ccc(OCCNC(=O)c2ccccc2Br)cc1. The van der Waals surface area contributed by atoms with Crippen LogP contribution in [0.3, 0.4) is 0 Å². The van der Waals surface area contributed by atoms with E-state index in [1.54, 1.807) is 6.07 Å². The number of hydrogen-bond donors (Lipinski definition) is 1. The topological polar surface area (TPSA) is 47.6 Å². The van der Waals surface area contributed by atoms with Crippen LogP contribution < -0.4 is 14.8 Å². The summed E-state index contributed by atoms with van der Waals surface area (Å²) in [5, 5.41) is 2.82. The van der Waals surface area contributed by atoms with Crippen LogP contribution in [0, 0.1) is 0 Å². The molecule has 0 aliphatic carbocycles. The number of rotatable bonds is 7. The Labute approximate surface area is 138 Å². The molecule has 5 heteroatoms. The fourth-order valence-electron chi connectivity index (χ4n) is 1.87. The molecule has 22 heavy (non-hydrogen) atoms. The maximum absolute atomic E-state index is 12.0. The molecule has 0 aromatic heterocycles. The van der Waals surface area contributed by atoms with Crippen molar-refractivity contribution in [1.29, 1.82) is 0 Å². The molecule has 2 aromatic carbocycles. The zero-order chi connectivity index (χ0) is 15.8. The van der Waals surface area contributed by atoms with E-state index < -0.39 is 0 Å². The van der Waals surface area contributed by atoms with E-state index in [1.165, 1.54) is 0 Å². The van der Waals surface area contributed by atoms with Gasteiger partial charge >= 0.3 is 0 Å². The summed E-state index contributed by atoms with van der Waals surface area (Å²) in [5.41, 5.74) is 0.614. The van der Waals surface area contributed by atoms with Gasteiger partial charge < -0.3 is 14.8 Å². The van der Waals surface area contributed by atoms with Crippen LogP contribution in [0.25, 0.3) is 0 Å². The molecule has 0 aliphatic rings. The molecule has 0 bridgehead atoms. The van der Waals surface area contributed by atoms with Gasteiger partial charge in [0.25, 0.3) is 5.91 Å². The van der Waals surface area contributed by atoms with Crippen LogP contribution in [-0.2, 0) is 0 Å². The predicted octanol–water partition coefficient (Wildman–Crippen LogP) is 3.66. The molecule has 0 saturated heterocycles. The Balaban J connectivity index is 1.75. The van der Waals surface area contributed by atoms with Crippen LogP contribution in [0.1, 0.15) is 17.3 Å². The van der Waals surface area contributed by atoms with Crippen molar-refractivity contribution < 1.29 is 14.3 Å². The Kier molecular flexibility index (Phi) is 6.27. The average Bonchev–Trinajstić information content (AvgIpc) is 2.53. The third-order valence-corrected chi connectivity index (χ3v) is 3.60. The number of halogens is 1. The van der Waals surface area contributed by atoms with Crippen LogP contribution >= 0.6 is 15.9 Å². The Bertz CT molecular complexity index is 614. The summed E-state index contributed by atoms with van der Waals surface area (Å²) in [6.45, 7) is 3.43. The number of hydrogen-bond acceptors (Lipinski definition) is 3. The zero-order valence-corrected chi connectivity index (χ0v) is 13.9. The lowest BCUT2D eigenvalue weighted by atomic mass is 10.2. The van der Waals surface area contributed by atoms with Crippen molar-refractivity contribution in [2.75, 3.05) is 19.8 Å². The highest BCUT2D eigenvalue weighted by Gasteiger charge is 2.08. The molecule has 4 nitrogen and oxygen atoms in total. The van der Waals surface area contributed by atoms with E-state index in [9.17, 15) is 4.79 Å². The lowest BCUT2D eigenvalue weighted by Gasteiger charge is -2.09. The van der Waals surface area contributed by atoms with E-state index >= 15 is 0 Å². The Morgan fingerprint density at radius 1 is 1.05 bits per heavy atom. The second kappa shape index (κ2) is 8.44. The molecule has 2 rings (SSSR count). The summed E-state index contributed by atoms with van der Waals surface area (Å²) in [7, 11) is 0. The van der Waals surface area contributed by atoms with Crippen molar-refractivity contribution in [3.8, 4) is 11.5 Å². The first-order valence-electron chi connectivity index (χ1n) is 7.09. The summed E-state index contributed by atoms with van der Waals surface area (Å²) in [5.74, 6) is 1.44. The molecule has 0 fully saturated rings. The van der Waals surface area contributed by atoms with Crippen molar-refractivity contribution in [2.24, 2.45) is 0 Å². The molecular formula is C17H18BrNO3. The Morgan fingerprint density at radius 3 is 2.32 bits per heavy atom. The number of amides is 1. The number of carbonyl (C=O) groups is 1. The third kappa shape index (κ3) is 4.77. The summed E-state index contributed by atoms with van der Waals surface area (Å²) >= 11 is 3.36. The van der Waals surface area contributed by atoms with Gasteiger partial charge in [-0.1, -0.05) is 12.1 Å². The van der Waals surface area contributed by atoms with E-state index in [0.717, 1.165) is 16.0 Å². The van der Waals surface area contributed by atoms with Gasteiger partial charge in [0, 0.05) is 4.47 Å². The molecule has 1 N–H and O–H groups in total. The van der Waals surface area contributed by atoms with Crippen molar-refractivity contribution in [3.05, 3.63) is 58.6 Å². The van der Waals surface area contributed by atoms with Crippen LogP contribution in [-0.4, -0.2) is 25.7 Å². The molecule has 0 radical (unpaired) electrons. The zero-order valence-electron chi connectivity index (χ0n) is 12.3. The largest absolute Gasteiger partial charge is 0.494 e. The van der Waals surface area contributed by atoms with E-state index in [2.05, 4.69) is 21.2 Å². The number of nitrogens with one attached hydrogen (secondary N) is 1.